The summed E-state index contributed by atoms with van der Waals surface area (Å²) in [4.78, 5) is 17.0. The summed E-state index contributed by atoms with van der Waals surface area (Å²) in [6.45, 7) is 0. The van der Waals surface area contributed by atoms with Gasteiger partial charge in [0, 0.05) is 0 Å². The summed E-state index contributed by atoms with van der Waals surface area (Å²) in [6.07, 6.45) is 1.57. The Morgan fingerprint density at radius 2 is 1.87 bits per heavy atom. The Hall–Kier alpha value is -2.57. The zero-order valence-corrected chi connectivity index (χ0v) is 13.3. The fourth-order valence-electron chi connectivity index (χ4n) is 2.29. The molecule has 0 spiro atoms. The van der Waals surface area contributed by atoms with Crippen molar-refractivity contribution in [2.45, 2.75) is 4.90 Å². The molecule has 0 atom stereocenters. The molecule has 0 saturated carbocycles. The molecule has 0 saturated heterocycles. The van der Waals surface area contributed by atoms with E-state index in [1.165, 1.54) is 0 Å². The van der Waals surface area contributed by atoms with Crippen molar-refractivity contribution in [2.75, 3.05) is 11.8 Å². The number of amides is 1. The van der Waals surface area contributed by atoms with E-state index in [1.807, 2.05) is 24.3 Å². The monoisotopic (exact) mass is 325 g/mol. The van der Waals surface area contributed by atoms with Gasteiger partial charge in [0.25, 0.3) is 0 Å². The second kappa shape index (κ2) is 6.68. The number of nitrogens with one attached hydrogen (secondary N) is 2. The molecular formula is C17H15N3O2S. The fraction of sp³-hybridized carbons (Fsp3) is 0.0588. The van der Waals surface area contributed by atoms with Gasteiger partial charge in [0.15, 0.2) is 0 Å². The van der Waals surface area contributed by atoms with Crippen LogP contribution in [0, 0.1) is 0 Å². The van der Waals surface area contributed by atoms with Crippen LogP contribution in [-0.4, -0.2) is 17.9 Å². The van der Waals surface area contributed by atoms with E-state index >= 15 is 0 Å². The van der Waals surface area contributed by atoms with Crippen molar-refractivity contribution < 1.29 is 8.84 Å². The zero-order chi connectivity index (χ0) is 16.2. The van der Waals surface area contributed by atoms with Gasteiger partial charge in [-0.25, -0.2) is 0 Å². The molecule has 1 aromatic heterocycles. The summed E-state index contributed by atoms with van der Waals surface area (Å²) < 4.78 is 15.4. The third-order valence-corrected chi connectivity index (χ3v) is 4.51. The van der Waals surface area contributed by atoms with Gasteiger partial charge in [-0.3, -0.25) is 0 Å². The molecule has 0 unspecified atom stereocenters. The van der Waals surface area contributed by atoms with Gasteiger partial charge in [-0.05, 0) is 0 Å². The second-order valence-electron chi connectivity index (χ2n) is 4.82. The van der Waals surface area contributed by atoms with E-state index in [4.69, 9.17) is 0 Å². The van der Waals surface area contributed by atoms with Crippen LogP contribution in [0.4, 0.5) is 5.69 Å². The Morgan fingerprint density at radius 3 is 2.61 bits per heavy atom. The Morgan fingerprint density at radius 1 is 1.09 bits per heavy atom. The standard InChI is InChI=1S/C17H15N3O2S/c1-18-17(21)14-10-11-19-16-13(14)8-5-9-15(16)20-23(22)12-6-3-2-4-7-12/h2-11,20H,1H3,(H,18,21). The molecule has 0 aliphatic heterocycles. The van der Waals surface area contributed by atoms with Crippen molar-refractivity contribution in [2.24, 2.45) is 0 Å². The third-order valence-electron chi connectivity index (χ3n) is 3.40. The summed E-state index contributed by atoms with van der Waals surface area (Å²) in [6, 6.07) is 16.2. The Balaban J connectivity index is 2.03. The number of anilines is 1. The number of carbonyl (C=O) groups excluding carboxylic acids is 1. The maximum atomic E-state index is 12.4. The summed E-state index contributed by atoms with van der Waals surface area (Å²) >= 11 is 0. The number of hydrogen-bond acceptors (Lipinski definition) is 4. The average Bonchev–Trinajstić information content (AvgIpc) is 2.61. The van der Waals surface area contributed by atoms with Crippen LogP contribution < -0.4 is 10.0 Å². The molecule has 1 amide bonds. The van der Waals surface area contributed by atoms with Gasteiger partial charge in [0.1, 0.15) is 0 Å². The second-order valence-corrected chi connectivity index (χ2v) is 6.04. The van der Waals surface area contributed by atoms with E-state index < -0.39 is 10.8 Å². The Kier molecular flexibility index (Phi) is 4.45. The number of rotatable bonds is 2. The molecule has 3 rings (SSSR count). The molecule has 116 valence electrons. The van der Waals surface area contributed by atoms with Gasteiger partial charge in [0.05, 0.1) is 0 Å². The Labute approximate surface area is 136 Å². The molecule has 2 aromatic carbocycles. The van der Waals surface area contributed by atoms with E-state index in [1.54, 1.807) is 43.6 Å². The van der Waals surface area contributed by atoms with Crippen LogP contribution in [-0.2, 0) is 14.9 Å². The van der Waals surface area contributed by atoms with Gasteiger partial charge in [-0.2, -0.15) is 0 Å². The summed E-state index contributed by atoms with van der Waals surface area (Å²) in [5, 5.41) is 3.32. The van der Waals surface area contributed by atoms with Crippen molar-refractivity contribution in [1.29, 1.82) is 0 Å². The SMILES string of the molecule is CNC(=O)c1ccnc2c(N[S-](#[O+])c3ccccc3)cccc12. The van der Waals surface area contributed by atoms with Crippen LogP contribution in [0.2, 0.25) is 0 Å². The van der Waals surface area contributed by atoms with Gasteiger partial charge in [-0.15, -0.1) is 0 Å². The van der Waals surface area contributed by atoms with E-state index in [0.29, 0.717) is 27.0 Å². The molecule has 0 bridgehead atoms. The first-order valence-corrected chi connectivity index (χ1v) is 8.19. The number of nitrogens with zero attached hydrogens (tertiary/aromatic N) is 1. The van der Waals surface area contributed by atoms with Gasteiger partial charge in [-0.1, -0.05) is 0 Å². The van der Waals surface area contributed by atoms with Gasteiger partial charge < -0.3 is 0 Å². The van der Waals surface area contributed by atoms with Crippen LogP contribution in [0.5, 0.6) is 0 Å². The van der Waals surface area contributed by atoms with Crippen LogP contribution in [0.15, 0.2) is 65.7 Å². The fourth-order valence-corrected chi connectivity index (χ4v) is 3.18. The molecule has 5 nitrogen and oxygen atoms in total. The van der Waals surface area contributed by atoms with Crippen LogP contribution in [0.1, 0.15) is 10.4 Å². The van der Waals surface area contributed by atoms with Crippen molar-refractivity contribution in [3.8, 4) is 0 Å². The predicted molar refractivity (Wildman–Crippen MR) is 91.5 cm³/mol. The van der Waals surface area contributed by atoms with Crippen molar-refractivity contribution >= 4 is 33.3 Å². The first-order valence-electron chi connectivity index (χ1n) is 7.04. The quantitative estimate of drug-likeness (QED) is 0.562. The summed E-state index contributed by atoms with van der Waals surface area (Å²) in [7, 11) is 0.184. The first-order chi connectivity index (χ1) is 11.2. The van der Waals surface area contributed by atoms with Crippen molar-refractivity contribution in [3.63, 3.8) is 0 Å². The number of fused-ring (bicyclic) bond motifs is 1. The number of para-hydroxylation sites is 1. The van der Waals surface area contributed by atoms with Crippen LogP contribution in [0.3, 0.4) is 0 Å². The zero-order valence-electron chi connectivity index (χ0n) is 12.4. The molecule has 0 radical (unpaired) electrons. The van der Waals surface area contributed by atoms with Crippen LogP contribution >= 0.6 is 0 Å². The molecular weight excluding hydrogens is 310 g/mol. The van der Waals surface area contributed by atoms with Gasteiger partial charge in [0.2, 0.25) is 0 Å². The number of carbonyl (C=O) groups is 1. The van der Waals surface area contributed by atoms with Gasteiger partial charge >= 0.3 is 135 Å². The average molecular weight is 325 g/mol. The minimum atomic E-state index is -1.40. The van der Waals surface area contributed by atoms with Crippen molar-refractivity contribution in [1.82, 2.24) is 10.3 Å². The first kappa shape index (κ1) is 15.3. The number of benzene rings is 2. The summed E-state index contributed by atoms with van der Waals surface area (Å²) in [5.41, 5.74) is 1.76. The maximum absolute atomic E-state index is 12.4. The van der Waals surface area contributed by atoms with E-state index in [-0.39, 0.29) is 5.91 Å². The summed E-state index contributed by atoms with van der Waals surface area (Å²) in [5.74, 6) is -0.182. The number of aromatic nitrogens is 1. The molecule has 2 N–H and O–H groups in total. The van der Waals surface area contributed by atoms with Crippen molar-refractivity contribution in [3.05, 3.63) is 66.4 Å². The number of pyridine rings is 1. The number of hydrogen-bond donors (Lipinski definition) is 2. The van der Waals surface area contributed by atoms with Crippen LogP contribution in [0.25, 0.3) is 10.9 Å². The van der Waals surface area contributed by atoms with E-state index in [0.717, 1.165) is 0 Å². The molecule has 0 fully saturated rings. The Bertz CT molecular complexity index is 933. The molecule has 6 heteroatoms. The molecule has 1 heterocycles. The van der Waals surface area contributed by atoms with E-state index in [9.17, 15) is 8.84 Å². The third kappa shape index (κ3) is 3.13. The molecule has 3 aromatic rings. The molecule has 23 heavy (non-hydrogen) atoms. The predicted octanol–water partition coefficient (Wildman–Crippen LogP) is 2.94. The van der Waals surface area contributed by atoms with E-state index in [2.05, 4.69) is 15.0 Å². The minimum absolute atomic E-state index is 0.182. The normalized spacial score (nSPS) is 10.7. The topological polar surface area (TPSA) is 73.9 Å². The molecule has 0 aliphatic rings. The molecule has 0 aliphatic carbocycles.